The lowest BCUT2D eigenvalue weighted by Gasteiger charge is -2.18. The lowest BCUT2D eigenvalue weighted by molar-refractivity contribution is -0.124. The second-order valence-electron chi connectivity index (χ2n) is 4.09. The molecular formula is C12H15N3O3. The Morgan fingerprint density at radius 1 is 1.44 bits per heavy atom. The maximum Gasteiger partial charge on any atom is 0.274 e. The van der Waals surface area contributed by atoms with Gasteiger partial charge in [-0.25, -0.2) is 5.48 Å². The molecule has 1 aliphatic heterocycles. The molecule has 0 aromatic heterocycles. The first-order valence-corrected chi connectivity index (χ1v) is 5.74. The fraction of sp³-hybridized carbons (Fsp3) is 0.333. The van der Waals surface area contributed by atoms with E-state index >= 15 is 0 Å². The number of hydroxylamine groups is 1. The van der Waals surface area contributed by atoms with Crippen LogP contribution in [0.2, 0.25) is 0 Å². The number of aryl methyl sites for hydroxylation is 1. The van der Waals surface area contributed by atoms with Crippen LogP contribution in [0.15, 0.2) is 18.2 Å². The predicted octanol–water partition coefficient (Wildman–Crippen LogP) is 0.191. The quantitative estimate of drug-likeness (QED) is 0.664. The maximum atomic E-state index is 11.7. The smallest absolute Gasteiger partial charge is 0.274 e. The van der Waals surface area contributed by atoms with E-state index in [2.05, 4.69) is 15.6 Å². The Labute approximate surface area is 104 Å². The summed E-state index contributed by atoms with van der Waals surface area (Å²) in [4.78, 5) is 26.8. The second-order valence-corrected chi connectivity index (χ2v) is 4.09. The van der Waals surface area contributed by atoms with Crippen molar-refractivity contribution in [3.63, 3.8) is 0 Å². The summed E-state index contributed by atoms with van der Waals surface area (Å²) in [5.41, 5.74) is 9.74. The average Bonchev–Trinajstić information content (AvgIpc) is 2.37. The highest BCUT2D eigenvalue weighted by molar-refractivity contribution is 5.94. The standard InChI is InChI=1S/C12H15N3O3/c13-11(16)7-18-15-12(17)9-3-4-10-8(6-9)2-1-5-14-10/h3-4,6,14H,1-2,5,7H2,(H2,13,16)(H,15,17). The van der Waals surface area contributed by atoms with Crippen LogP contribution < -0.4 is 16.5 Å². The van der Waals surface area contributed by atoms with Crippen LogP contribution in [0.4, 0.5) is 5.69 Å². The number of anilines is 1. The number of nitrogens with one attached hydrogen (secondary N) is 2. The molecule has 1 aromatic carbocycles. The number of nitrogens with two attached hydrogens (primary N) is 1. The van der Waals surface area contributed by atoms with Crippen LogP contribution in [-0.4, -0.2) is 25.0 Å². The van der Waals surface area contributed by atoms with E-state index in [0.717, 1.165) is 30.6 Å². The molecule has 2 amide bonds. The Kier molecular flexibility index (Phi) is 3.78. The summed E-state index contributed by atoms with van der Waals surface area (Å²) in [5, 5.41) is 3.26. The second kappa shape index (κ2) is 5.50. The molecule has 1 aromatic rings. The molecule has 1 heterocycles. The molecule has 6 heteroatoms. The monoisotopic (exact) mass is 249 g/mol. The molecule has 0 radical (unpaired) electrons. The fourth-order valence-corrected chi connectivity index (χ4v) is 1.85. The van der Waals surface area contributed by atoms with Crippen LogP contribution in [-0.2, 0) is 16.1 Å². The van der Waals surface area contributed by atoms with Crippen LogP contribution in [0.25, 0.3) is 0 Å². The topological polar surface area (TPSA) is 93.5 Å². The first-order chi connectivity index (χ1) is 8.66. The highest BCUT2D eigenvalue weighted by Gasteiger charge is 2.12. The zero-order chi connectivity index (χ0) is 13.0. The molecule has 96 valence electrons. The third-order valence-electron chi connectivity index (χ3n) is 2.69. The summed E-state index contributed by atoms with van der Waals surface area (Å²) < 4.78 is 0. The minimum absolute atomic E-state index is 0.335. The maximum absolute atomic E-state index is 11.7. The molecule has 0 saturated heterocycles. The van der Waals surface area contributed by atoms with Crippen LogP contribution in [0.1, 0.15) is 22.3 Å². The van der Waals surface area contributed by atoms with Crippen molar-refractivity contribution in [2.24, 2.45) is 5.73 Å². The number of carbonyl (C=O) groups is 2. The van der Waals surface area contributed by atoms with Crippen molar-refractivity contribution in [1.82, 2.24) is 5.48 Å². The number of fused-ring (bicyclic) bond motifs is 1. The fourth-order valence-electron chi connectivity index (χ4n) is 1.85. The molecule has 2 rings (SSSR count). The summed E-state index contributed by atoms with van der Waals surface area (Å²) in [6.07, 6.45) is 2.00. The van der Waals surface area contributed by atoms with Gasteiger partial charge in [0.05, 0.1) is 0 Å². The Morgan fingerprint density at radius 2 is 2.28 bits per heavy atom. The lowest BCUT2D eigenvalue weighted by Crippen LogP contribution is -2.29. The van der Waals surface area contributed by atoms with E-state index in [-0.39, 0.29) is 12.5 Å². The number of hydrogen-bond acceptors (Lipinski definition) is 4. The van der Waals surface area contributed by atoms with Gasteiger partial charge in [-0.3, -0.25) is 14.4 Å². The Balaban J connectivity index is 2.00. The lowest BCUT2D eigenvalue weighted by atomic mass is 10.0. The van der Waals surface area contributed by atoms with Crippen molar-refractivity contribution >= 4 is 17.5 Å². The molecule has 0 atom stereocenters. The molecule has 0 aliphatic carbocycles. The average molecular weight is 249 g/mol. The Bertz CT molecular complexity index is 474. The molecule has 0 saturated carbocycles. The van der Waals surface area contributed by atoms with Gasteiger partial charge in [-0.1, -0.05) is 0 Å². The molecule has 6 nitrogen and oxygen atoms in total. The SMILES string of the molecule is NC(=O)CONC(=O)c1ccc2c(c1)CCCN2. The largest absolute Gasteiger partial charge is 0.385 e. The summed E-state index contributed by atoms with van der Waals surface area (Å²) in [6, 6.07) is 5.40. The van der Waals surface area contributed by atoms with Gasteiger partial charge in [-0.2, -0.15) is 0 Å². The van der Waals surface area contributed by atoms with E-state index in [4.69, 9.17) is 5.73 Å². The summed E-state index contributed by atoms with van der Waals surface area (Å²) in [7, 11) is 0. The molecule has 0 fully saturated rings. The summed E-state index contributed by atoms with van der Waals surface area (Å²) in [6.45, 7) is 0.624. The van der Waals surface area contributed by atoms with Crippen molar-refractivity contribution in [2.75, 3.05) is 18.5 Å². The Hall–Kier alpha value is -2.08. The van der Waals surface area contributed by atoms with Crippen LogP contribution >= 0.6 is 0 Å². The van der Waals surface area contributed by atoms with Gasteiger partial charge in [0, 0.05) is 17.8 Å². The van der Waals surface area contributed by atoms with Gasteiger partial charge >= 0.3 is 0 Å². The van der Waals surface area contributed by atoms with E-state index in [0.29, 0.717) is 5.56 Å². The minimum atomic E-state index is -0.634. The molecule has 1 aliphatic rings. The van der Waals surface area contributed by atoms with Crippen molar-refractivity contribution in [3.05, 3.63) is 29.3 Å². The van der Waals surface area contributed by atoms with Crippen molar-refractivity contribution in [2.45, 2.75) is 12.8 Å². The molecule has 4 N–H and O–H groups in total. The molecule has 0 spiro atoms. The zero-order valence-corrected chi connectivity index (χ0v) is 9.86. The van der Waals surface area contributed by atoms with E-state index in [1.165, 1.54) is 0 Å². The normalized spacial score (nSPS) is 13.3. The molecule has 0 unspecified atom stereocenters. The number of benzene rings is 1. The third-order valence-corrected chi connectivity index (χ3v) is 2.69. The van der Waals surface area contributed by atoms with Gasteiger partial charge in [0.2, 0.25) is 5.91 Å². The van der Waals surface area contributed by atoms with Gasteiger partial charge in [-0.15, -0.1) is 0 Å². The highest BCUT2D eigenvalue weighted by Crippen LogP contribution is 2.22. The summed E-state index contributed by atoms with van der Waals surface area (Å²) >= 11 is 0. The number of amides is 2. The minimum Gasteiger partial charge on any atom is -0.385 e. The van der Waals surface area contributed by atoms with Crippen LogP contribution in [0.5, 0.6) is 0 Å². The number of hydrogen-bond donors (Lipinski definition) is 3. The van der Waals surface area contributed by atoms with Crippen LogP contribution in [0.3, 0.4) is 0 Å². The van der Waals surface area contributed by atoms with Gasteiger partial charge < -0.3 is 11.1 Å². The molecular weight excluding hydrogens is 234 g/mol. The number of rotatable bonds is 4. The van der Waals surface area contributed by atoms with Gasteiger partial charge in [0.25, 0.3) is 5.91 Å². The summed E-state index contributed by atoms with van der Waals surface area (Å²) in [5.74, 6) is -1.02. The predicted molar refractivity (Wildman–Crippen MR) is 65.9 cm³/mol. The van der Waals surface area contributed by atoms with E-state index in [1.54, 1.807) is 6.07 Å². The van der Waals surface area contributed by atoms with E-state index in [1.807, 2.05) is 12.1 Å². The number of carbonyl (C=O) groups excluding carboxylic acids is 2. The van der Waals surface area contributed by atoms with Gasteiger partial charge in [-0.05, 0) is 36.6 Å². The van der Waals surface area contributed by atoms with Crippen molar-refractivity contribution < 1.29 is 14.4 Å². The molecule has 18 heavy (non-hydrogen) atoms. The van der Waals surface area contributed by atoms with E-state index in [9.17, 15) is 9.59 Å². The molecule has 0 bridgehead atoms. The highest BCUT2D eigenvalue weighted by atomic mass is 16.7. The first-order valence-electron chi connectivity index (χ1n) is 5.74. The van der Waals surface area contributed by atoms with Gasteiger partial charge in [0.15, 0.2) is 6.61 Å². The first kappa shape index (κ1) is 12.4. The van der Waals surface area contributed by atoms with Crippen molar-refractivity contribution in [1.29, 1.82) is 0 Å². The van der Waals surface area contributed by atoms with Gasteiger partial charge in [0.1, 0.15) is 0 Å². The zero-order valence-electron chi connectivity index (χ0n) is 9.86. The Morgan fingerprint density at radius 3 is 3.06 bits per heavy atom. The third kappa shape index (κ3) is 2.98. The van der Waals surface area contributed by atoms with E-state index < -0.39 is 5.91 Å². The van der Waals surface area contributed by atoms with Crippen molar-refractivity contribution in [3.8, 4) is 0 Å². The number of primary amides is 1. The van der Waals surface area contributed by atoms with Crippen LogP contribution in [0, 0.1) is 0 Å².